The maximum absolute atomic E-state index is 5.90. The van der Waals surface area contributed by atoms with Crippen molar-refractivity contribution in [2.45, 2.75) is 26.5 Å². The summed E-state index contributed by atoms with van der Waals surface area (Å²) in [5, 5.41) is 11.7. The highest BCUT2D eigenvalue weighted by atomic mass is 16.5. The largest absolute Gasteiger partial charge is 0.495 e. The van der Waals surface area contributed by atoms with Gasteiger partial charge in [0.05, 0.1) is 32.1 Å². The molecule has 20 heavy (non-hydrogen) atoms. The molecule has 108 valence electrons. The lowest BCUT2D eigenvalue weighted by atomic mass is 10.2. The molecule has 0 saturated heterocycles. The first-order valence-corrected chi connectivity index (χ1v) is 6.43. The Kier molecular flexibility index (Phi) is 4.52. The van der Waals surface area contributed by atoms with E-state index in [-0.39, 0.29) is 6.10 Å². The van der Waals surface area contributed by atoms with Crippen LogP contribution in [0.3, 0.4) is 0 Å². The molecule has 7 nitrogen and oxygen atoms in total. The fourth-order valence-electron chi connectivity index (χ4n) is 1.81. The zero-order valence-electron chi connectivity index (χ0n) is 11.9. The third kappa shape index (κ3) is 3.24. The van der Waals surface area contributed by atoms with Crippen molar-refractivity contribution in [1.82, 2.24) is 20.2 Å². The van der Waals surface area contributed by atoms with Crippen LogP contribution in [0.2, 0.25) is 0 Å². The van der Waals surface area contributed by atoms with Gasteiger partial charge in [-0.25, -0.2) is 4.68 Å². The van der Waals surface area contributed by atoms with Crippen LogP contribution in [0.1, 0.15) is 13.8 Å². The van der Waals surface area contributed by atoms with Gasteiger partial charge in [-0.15, -0.1) is 5.10 Å². The van der Waals surface area contributed by atoms with E-state index in [0.717, 1.165) is 5.56 Å². The third-order valence-corrected chi connectivity index (χ3v) is 2.77. The highest BCUT2D eigenvalue weighted by molar-refractivity contribution is 5.66. The molecule has 2 rings (SSSR count). The Hall–Kier alpha value is -2.15. The maximum Gasteiger partial charge on any atom is 0.182 e. The van der Waals surface area contributed by atoms with Gasteiger partial charge in [0.2, 0.25) is 0 Å². The molecule has 0 saturated carbocycles. The van der Waals surface area contributed by atoms with Crippen molar-refractivity contribution in [3.8, 4) is 17.1 Å². The Morgan fingerprint density at radius 1 is 1.35 bits per heavy atom. The summed E-state index contributed by atoms with van der Waals surface area (Å²) in [7, 11) is 1.58. The van der Waals surface area contributed by atoms with Crippen LogP contribution in [0.15, 0.2) is 18.2 Å². The molecule has 2 aromatic rings. The van der Waals surface area contributed by atoms with Crippen LogP contribution < -0.4 is 10.5 Å². The number of hydrogen-bond acceptors (Lipinski definition) is 6. The van der Waals surface area contributed by atoms with Gasteiger partial charge in [-0.3, -0.25) is 0 Å². The van der Waals surface area contributed by atoms with Gasteiger partial charge in [0, 0.05) is 5.56 Å². The molecule has 0 unspecified atom stereocenters. The number of nitrogens with two attached hydrogens (primary N) is 1. The molecular formula is C13H19N5O2. The maximum atomic E-state index is 5.90. The van der Waals surface area contributed by atoms with E-state index < -0.39 is 0 Å². The summed E-state index contributed by atoms with van der Waals surface area (Å²) in [4.78, 5) is 0. The number of hydrogen-bond donors (Lipinski definition) is 1. The first-order chi connectivity index (χ1) is 9.61. The summed E-state index contributed by atoms with van der Waals surface area (Å²) >= 11 is 0. The number of tetrazole rings is 1. The second-order valence-corrected chi connectivity index (χ2v) is 4.60. The molecule has 2 N–H and O–H groups in total. The standard InChI is InChI=1S/C13H19N5O2/c1-9(2)20-7-6-18-13(15-16-17-18)10-4-5-12(19-3)11(14)8-10/h4-5,8-9H,6-7,14H2,1-3H3. The van der Waals surface area contributed by atoms with Crippen LogP contribution in [0.5, 0.6) is 5.75 Å². The fraction of sp³-hybridized carbons (Fsp3) is 0.462. The number of rotatable bonds is 6. The predicted molar refractivity (Wildman–Crippen MR) is 75.3 cm³/mol. The molecule has 1 aromatic carbocycles. The molecule has 0 aliphatic carbocycles. The fourth-order valence-corrected chi connectivity index (χ4v) is 1.81. The molecule has 0 bridgehead atoms. The van der Waals surface area contributed by atoms with Crippen molar-refractivity contribution in [3.63, 3.8) is 0 Å². The van der Waals surface area contributed by atoms with Gasteiger partial charge < -0.3 is 15.2 Å². The normalized spacial score (nSPS) is 11.0. The van der Waals surface area contributed by atoms with Crippen molar-refractivity contribution in [2.24, 2.45) is 0 Å². The second-order valence-electron chi connectivity index (χ2n) is 4.60. The lowest BCUT2D eigenvalue weighted by Crippen LogP contribution is -2.12. The van der Waals surface area contributed by atoms with Crippen molar-refractivity contribution in [2.75, 3.05) is 19.5 Å². The number of aromatic nitrogens is 4. The summed E-state index contributed by atoms with van der Waals surface area (Å²) < 4.78 is 12.3. The number of ether oxygens (including phenoxy) is 2. The number of nitrogens with zero attached hydrogens (tertiary/aromatic N) is 4. The van der Waals surface area contributed by atoms with E-state index in [0.29, 0.717) is 30.4 Å². The molecule has 0 radical (unpaired) electrons. The summed E-state index contributed by atoms with van der Waals surface area (Å²) in [5.74, 6) is 1.29. The number of benzene rings is 1. The Morgan fingerprint density at radius 3 is 2.80 bits per heavy atom. The Balaban J connectivity index is 2.17. The van der Waals surface area contributed by atoms with Crippen molar-refractivity contribution in [1.29, 1.82) is 0 Å². The van der Waals surface area contributed by atoms with Crippen LogP contribution in [0.25, 0.3) is 11.4 Å². The Morgan fingerprint density at radius 2 is 2.15 bits per heavy atom. The topological polar surface area (TPSA) is 88.1 Å². The number of methoxy groups -OCH3 is 1. The summed E-state index contributed by atoms with van der Waals surface area (Å²) in [6, 6.07) is 5.47. The van der Waals surface area contributed by atoms with E-state index >= 15 is 0 Å². The van der Waals surface area contributed by atoms with Crippen LogP contribution in [-0.4, -0.2) is 40.0 Å². The van der Waals surface area contributed by atoms with E-state index in [1.165, 1.54) is 0 Å². The summed E-state index contributed by atoms with van der Waals surface area (Å²) in [5.41, 5.74) is 7.30. The van der Waals surface area contributed by atoms with Crippen molar-refractivity contribution in [3.05, 3.63) is 18.2 Å². The average Bonchev–Trinajstić information content (AvgIpc) is 2.86. The first kappa shape index (κ1) is 14.3. The molecule has 1 aromatic heterocycles. The SMILES string of the molecule is COc1ccc(-c2nnnn2CCOC(C)C)cc1N. The first-order valence-electron chi connectivity index (χ1n) is 6.43. The zero-order chi connectivity index (χ0) is 14.5. The molecule has 0 aliphatic rings. The van der Waals surface area contributed by atoms with Crippen LogP contribution >= 0.6 is 0 Å². The molecule has 0 spiro atoms. The number of anilines is 1. The molecule has 1 heterocycles. The highest BCUT2D eigenvalue weighted by Gasteiger charge is 2.11. The van der Waals surface area contributed by atoms with Gasteiger partial charge >= 0.3 is 0 Å². The van der Waals surface area contributed by atoms with Crippen LogP contribution in [0, 0.1) is 0 Å². The molecule has 0 aliphatic heterocycles. The lowest BCUT2D eigenvalue weighted by Gasteiger charge is -2.09. The van der Waals surface area contributed by atoms with Crippen molar-refractivity contribution >= 4 is 5.69 Å². The minimum atomic E-state index is 0.187. The summed E-state index contributed by atoms with van der Waals surface area (Å²) in [6.07, 6.45) is 0.187. The number of nitrogen functional groups attached to an aromatic ring is 1. The van der Waals surface area contributed by atoms with Gasteiger partial charge in [-0.2, -0.15) is 0 Å². The zero-order valence-corrected chi connectivity index (χ0v) is 11.9. The molecule has 7 heteroatoms. The van der Waals surface area contributed by atoms with Crippen LogP contribution in [-0.2, 0) is 11.3 Å². The van der Waals surface area contributed by atoms with Crippen LogP contribution in [0.4, 0.5) is 5.69 Å². The Labute approximate surface area is 117 Å². The second kappa shape index (κ2) is 6.33. The smallest absolute Gasteiger partial charge is 0.182 e. The van der Waals surface area contributed by atoms with Gasteiger partial charge in [-0.05, 0) is 42.5 Å². The van der Waals surface area contributed by atoms with E-state index in [4.69, 9.17) is 15.2 Å². The average molecular weight is 277 g/mol. The van der Waals surface area contributed by atoms with Crippen molar-refractivity contribution < 1.29 is 9.47 Å². The quantitative estimate of drug-likeness (QED) is 0.802. The van der Waals surface area contributed by atoms with E-state index in [1.54, 1.807) is 23.9 Å². The predicted octanol–water partition coefficient (Wildman–Crippen LogP) is 1.36. The van der Waals surface area contributed by atoms with Gasteiger partial charge in [-0.1, -0.05) is 0 Å². The minimum absolute atomic E-state index is 0.187. The van der Waals surface area contributed by atoms with Gasteiger partial charge in [0.15, 0.2) is 5.82 Å². The van der Waals surface area contributed by atoms with Gasteiger partial charge in [0.25, 0.3) is 0 Å². The third-order valence-electron chi connectivity index (χ3n) is 2.77. The molecule has 0 amide bonds. The van der Waals surface area contributed by atoms with E-state index in [2.05, 4.69) is 15.5 Å². The van der Waals surface area contributed by atoms with E-state index in [1.807, 2.05) is 19.9 Å². The summed E-state index contributed by atoms with van der Waals surface area (Å²) in [6.45, 7) is 5.13. The monoisotopic (exact) mass is 277 g/mol. The molecular weight excluding hydrogens is 258 g/mol. The minimum Gasteiger partial charge on any atom is -0.495 e. The lowest BCUT2D eigenvalue weighted by molar-refractivity contribution is 0.0709. The highest BCUT2D eigenvalue weighted by Crippen LogP contribution is 2.26. The van der Waals surface area contributed by atoms with E-state index in [9.17, 15) is 0 Å². The Bertz CT molecular complexity index is 568. The van der Waals surface area contributed by atoms with Gasteiger partial charge in [0.1, 0.15) is 5.75 Å². The molecule has 0 fully saturated rings. The molecule has 0 atom stereocenters.